The molecule has 128 valence electrons. The summed E-state index contributed by atoms with van der Waals surface area (Å²) in [4.78, 5) is 15.2. The van der Waals surface area contributed by atoms with Gasteiger partial charge in [0.25, 0.3) is 0 Å². The number of hydrogen-bond donors (Lipinski definition) is 1. The van der Waals surface area contributed by atoms with Crippen LogP contribution in [-0.4, -0.2) is 61.6 Å². The Balaban J connectivity index is 1.48. The number of furan rings is 1. The minimum absolute atomic E-state index is 0.103. The molecule has 0 spiro atoms. The van der Waals surface area contributed by atoms with Crippen LogP contribution in [0.5, 0.6) is 0 Å². The fraction of sp³-hybridized carbons (Fsp3) is 0.706. The standard InChI is InChI=1S/C17H27N3O3/c1-12-7-15(12)16-4-3-13(23-16)9-20-5-6-22-14(10-20)8-19(2)11-17(18)21/h3-4,12,14-15H,5-11H2,1-2H3,(H2,18,21)/t12-,14+,15-/m1/s1. The largest absolute Gasteiger partial charge is 0.464 e. The number of nitrogens with two attached hydrogens (primary N) is 1. The van der Waals surface area contributed by atoms with Gasteiger partial charge in [-0.05, 0) is 31.5 Å². The molecule has 2 heterocycles. The lowest BCUT2D eigenvalue weighted by Crippen LogP contribution is -2.47. The van der Waals surface area contributed by atoms with Gasteiger partial charge in [0.1, 0.15) is 11.5 Å². The molecule has 1 aromatic rings. The topological polar surface area (TPSA) is 71.9 Å². The number of nitrogens with zero attached hydrogens (tertiary/aromatic N) is 2. The molecular weight excluding hydrogens is 294 g/mol. The smallest absolute Gasteiger partial charge is 0.231 e. The summed E-state index contributed by atoms with van der Waals surface area (Å²) in [6.45, 7) is 6.53. The van der Waals surface area contributed by atoms with Gasteiger partial charge in [0.2, 0.25) is 5.91 Å². The van der Waals surface area contributed by atoms with Crippen molar-refractivity contribution in [2.24, 2.45) is 11.7 Å². The summed E-state index contributed by atoms with van der Waals surface area (Å²) in [5, 5.41) is 0. The first-order valence-electron chi connectivity index (χ1n) is 8.40. The molecule has 6 nitrogen and oxygen atoms in total. The normalized spacial score (nSPS) is 28.2. The first-order valence-corrected chi connectivity index (χ1v) is 8.40. The van der Waals surface area contributed by atoms with E-state index in [0.29, 0.717) is 19.1 Å². The number of ether oxygens (including phenoxy) is 1. The molecule has 1 amide bonds. The second-order valence-corrected chi connectivity index (χ2v) is 7.01. The van der Waals surface area contributed by atoms with Crippen molar-refractivity contribution in [3.05, 3.63) is 23.7 Å². The first kappa shape index (κ1) is 16.5. The highest BCUT2D eigenvalue weighted by molar-refractivity contribution is 5.75. The van der Waals surface area contributed by atoms with E-state index in [9.17, 15) is 4.79 Å². The lowest BCUT2D eigenvalue weighted by atomic mass is 10.2. The Morgan fingerprint density at radius 1 is 1.48 bits per heavy atom. The van der Waals surface area contributed by atoms with Gasteiger partial charge >= 0.3 is 0 Å². The lowest BCUT2D eigenvalue weighted by Gasteiger charge is -2.34. The molecule has 3 rings (SSSR count). The molecule has 2 N–H and O–H groups in total. The average Bonchev–Trinajstić information content (AvgIpc) is 3.02. The predicted octanol–water partition coefficient (Wildman–Crippen LogP) is 1.02. The number of carbonyl (C=O) groups is 1. The molecule has 1 aliphatic carbocycles. The van der Waals surface area contributed by atoms with Crippen molar-refractivity contribution in [1.82, 2.24) is 9.80 Å². The highest BCUT2D eigenvalue weighted by Gasteiger charge is 2.36. The van der Waals surface area contributed by atoms with E-state index in [1.165, 1.54) is 6.42 Å². The Kier molecular flexibility index (Phi) is 5.04. The van der Waals surface area contributed by atoms with Crippen molar-refractivity contribution in [2.45, 2.75) is 31.9 Å². The molecule has 6 heteroatoms. The summed E-state index contributed by atoms with van der Waals surface area (Å²) in [6.07, 6.45) is 1.35. The van der Waals surface area contributed by atoms with Crippen LogP contribution in [-0.2, 0) is 16.1 Å². The van der Waals surface area contributed by atoms with Crippen LogP contribution in [0.4, 0.5) is 0 Å². The SMILES string of the molecule is C[C@@H]1C[C@H]1c1ccc(CN2CCO[C@@H](CN(C)CC(N)=O)C2)o1. The molecule has 0 aromatic carbocycles. The predicted molar refractivity (Wildman–Crippen MR) is 86.9 cm³/mol. The molecule has 1 saturated heterocycles. The summed E-state index contributed by atoms with van der Waals surface area (Å²) in [6, 6.07) is 4.23. The van der Waals surface area contributed by atoms with E-state index in [0.717, 1.165) is 37.1 Å². The number of rotatable bonds is 7. The lowest BCUT2D eigenvalue weighted by molar-refractivity contribution is -0.119. The van der Waals surface area contributed by atoms with E-state index >= 15 is 0 Å². The van der Waals surface area contributed by atoms with Crippen LogP contribution >= 0.6 is 0 Å². The van der Waals surface area contributed by atoms with E-state index in [1.807, 2.05) is 11.9 Å². The first-order chi connectivity index (χ1) is 11.0. The molecule has 23 heavy (non-hydrogen) atoms. The monoisotopic (exact) mass is 321 g/mol. The molecule has 1 aromatic heterocycles. The van der Waals surface area contributed by atoms with Crippen molar-refractivity contribution in [3.63, 3.8) is 0 Å². The van der Waals surface area contributed by atoms with Crippen molar-refractivity contribution >= 4 is 5.91 Å². The van der Waals surface area contributed by atoms with Gasteiger partial charge in [-0.3, -0.25) is 14.6 Å². The molecule has 2 fully saturated rings. The molecule has 2 aliphatic rings. The van der Waals surface area contributed by atoms with Crippen molar-refractivity contribution in [2.75, 3.05) is 39.8 Å². The van der Waals surface area contributed by atoms with E-state index in [-0.39, 0.29) is 18.6 Å². The summed E-state index contributed by atoms with van der Waals surface area (Å²) in [5.41, 5.74) is 5.23. The number of morpholine rings is 1. The van der Waals surface area contributed by atoms with E-state index in [4.69, 9.17) is 14.9 Å². The average molecular weight is 321 g/mol. The second-order valence-electron chi connectivity index (χ2n) is 7.01. The maximum Gasteiger partial charge on any atom is 0.231 e. The van der Waals surface area contributed by atoms with Gasteiger partial charge < -0.3 is 14.9 Å². The number of hydrogen-bond acceptors (Lipinski definition) is 5. The molecule has 1 aliphatic heterocycles. The van der Waals surface area contributed by atoms with Crippen molar-refractivity contribution in [3.8, 4) is 0 Å². The molecule has 1 saturated carbocycles. The fourth-order valence-electron chi connectivity index (χ4n) is 3.33. The van der Waals surface area contributed by atoms with Crippen LogP contribution in [0.1, 0.15) is 30.8 Å². The molecule has 3 atom stereocenters. The van der Waals surface area contributed by atoms with Gasteiger partial charge in [0.05, 0.1) is 25.8 Å². The number of amides is 1. The van der Waals surface area contributed by atoms with E-state index in [1.54, 1.807) is 0 Å². The maximum absolute atomic E-state index is 11.0. The summed E-state index contributed by atoms with van der Waals surface area (Å²) >= 11 is 0. The Morgan fingerprint density at radius 3 is 2.96 bits per heavy atom. The Morgan fingerprint density at radius 2 is 2.26 bits per heavy atom. The van der Waals surface area contributed by atoms with Gasteiger partial charge in [-0.25, -0.2) is 0 Å². The fourth-order valence-corrected chi connectivity index (χ4v) is 3.33. The Hall–Kier alpha value is -1.37. The van der Waals surface area contributed by atoms with E-state index < -0.39 is 0 Å². The Labute approximate surface area is 137 Å². The highest BCUT2D eigenvalue weighted by Crippen LogP contribution is 2.47. The third kappa shape index (κ3) is 4.56. The minimum atomic E-state index is -0.308. The summed E-state index contributed by atoms with van der Waals surface area (Å²) in [7, 11) is 1.89. The zero-order valence-electron chi connectivity index (χ0n) is 14.0. The highest BCUT2D eigenvalue weighted by atomic mass is 16.5. The third-order valence-corrected chi connectivity index (χ3v) is 4.70. The maximum atomic E-state index is 11.0. The van der Waals surface area contributed by atoms with Gasteiger partial charge in [-0.1, -0.05) is 6.92 Å². The van der Waals surface area contributed by atoms with Crippen molar-refractivity contribution < 1.29 is 13.9 Å². The zero-order valence-corrected chi connectivity index (χ0v) is 14.0. The number of likely N-dealkylation sites (N-methyl/N-ethyl adjacent to an activating group) is 1. The van der Waals surface area contributed by atoms with Crippen LogP contribution in [0.2, 0.25) is 0 Å². The molecular formula is C17H27N3O3. The zero-order chi connectivity index (χ0) is 16.4. The number of carbonyl (C=O) groups excluding carboxylic acids is 1. The van der Waals surface area contributed by atoms with Crippen LogP contribution in [0.3, 0.4) is 0 Å². The minimum Gasteiger partial charge on any atom is -0.464 e. The van der Waals surface area contributed by atoms with Crippen LogP contribution in [0, 0.1) is 5.92 Å². The van der Waals surface area contributed by atoms with Crippen molar-refractivity contribution in [1.29, 1.82) is 0 Å². The van der Waals surface area contributed by atoms with Gasteiger partial charge in [0, 0.05) is 25.6 Å². The van der Waals surface area contributed by atoms with Gasteiger partial charge in [-0.2, -0.15) is 0 Å². The van der Waals surface area contributed by atoms with E-state index in [2.05, 4.69) is 24.0 Å². The van der Waals surface area contributed by atoms with Gasteiger partial charge in [-0.15, -0.1) is 0 Å². The molecule has 0 radical (unpaired) electrons. The molecule has 0 unspecified atom stereocenters. The van der Waals surface area contributed by atoms with Crippen LogP contribution in [0.15, 0.2) is 16.5 Å². The second kappa shape index (κ2) is 7.03. The summed E-state index contributed by atoms with van der Waals surface area (Å²) in [5.74, 6) is 3.26. The third-order valence-electron chi connectivity index (χ3n) is 4.70. The van der Waals surface area contributed by atoms with Crippen LogP contribution in [0.25, 0.3) is 0 Å². The quantitative estimate of drug-likeness (QED) is 0.812. The van der Waals surface area contributed by atoms with Crippen LogP contribution < -0.4 is 5.73 Å². The Bertz CT molecular complexity index is 545. The number of primary amides is 1. The summed E-state index contributed by atoms with van der Waals surface area (Å²) < 4.78 is 11.8. The molecule has 0 bridgehead atoms. The van der Waals surface area contributed by atoms with Gasteiger partial charge in [0.15, 0.2) is 0 Å².